The van der Waals surface area contributed by atoms with Gasteiger partial charge in [-0.15, -0.1) is 0 Å². The summed E-state index contributed by atoms with van der Waals surface area (Å²) in [6.45, 7) is -2.61. The van der Waals surface area contributed by atoms with E-state index >= 15 is 0 Å². The standard InChI is InChI=1S/C23H20F5NO5S/c1-32-16-7-3-14(4-8-16)11-29(12-15-5-9-17(33-2)10-6-15)35(30,31)23-21(28)19(26)18(25)20(27)22(23)34-13-24/h3-10H,11-13H2,1-2H3. The van der Waals surface area contributed by atoms with Crippen LogP contribution in [-0.2, 0) is 23.1 Å². The smallest absolute Gasteiger partial charge is 0.250 e. The Morgan fingerprint density at radius 3 is 1.54 bits per heavy atom. The van der Waals surface area contributed by atoms with Crippen molar-refractivity contribution in [2.24, 2.45) is 0 Å². The maximum Gasteiger partial charge on any atom is 0.250 e. The van der Waals surface area contributed by atoms with Gasteiger partial charge < -0.3 is 14.2 Å². The van der Waals surface area contributed by atoms with Crippen molar-refractivity contribution in [3.8, 4) is 17.2 Å². The molecule has 0 aliphatic rings. The molecule has 0 fully saturated rings. The molecule has 0 N–H and O–H groups in total. The first-order valence-corrected chi connectivity index (χ1v) is 11.4. The lowest BCUT2D eigenvalue weighted by molar-refractivity contribution is 0.173. The maximum absolute atomic E-state index is 14.7. The molecule has 35 heavy (non-hydrogen) atoms. The first-order chi connectivity index (χ1) is 16.6. The van der Waals surface area contributed by atoms with Gasteiger partial charge in [-0.2, -0.15) is 8.70 Å². The molecule has 12 heteroatoms. The van der Waals surface area contributed by atoms with Crippen LogP contribution in [-0.4, -0.2) is 33.8 Å². The highest BCUT2D eigenvalue weighted by Crippen LogP contribution is 2.37. The first kappa shape index (κ1) is 26.2. The molecule has 0 saturated heterocycles. The highest BCUT2D eigenvalue weighted by atomic mass is 32.2. The van der Waals surface area contributed by atoms with Gasteiger partial charge >= 0.3 is 0 Å². The SMILES string of the molecule is COc1ccc(CN(Cc2ccc(OC)cc2)S(=O)(=O)c2c(F)c(F)c(F)c(F)c2OCF)cc1. The van der Waals surface area contributed by atoms with Gasteiger partial charge in [-0.3, -0.25) is 0 Å². The lowest BCUT2D eigenvalue weighted by Gasteiger charge is -2.24. The predicted molar refractivity (Wildman–Crippen MR) is 115 cm³/mol. The summed E-state index contributed by atoms with van der Waals surface area (Å²) in [6, 6.07) is 12.3. The van der Waals surface area contributed by atoms with Crippen molar-refractivity contribution in [1.82, 2.24) is 4.31 Å². The molecular formula is C23H20F5NO5S. The van der Waals surface area contributed by atoms with E-state index in [9.17, 15) is 30.4 Å². The van der Waals surface area contributed by atoms with E-state index in [2.05, 4.69) is 4.74 Å². The van der Waals surface area contributed by atoms with Gasteiger partial charge in [0.25, 0.3) is 10.0 Å². The molecule has 0 spiro atoms. The molecular weight excluding hydrogens is 497 g/mol. The number of alkyl halides is 1. The van der Waals surface area contributed by atoms with Crippen LogP contribution in [0.5, 0.6) is 17.2 Å². The van der Waals surface area contributed by atoms with Crippen molar-refractivity contribution in [3.05, 3.63) is 82.9 Å². The number of ether oxygens (including phenoxy) is 3. The molecule has 0 radical (unpaired) electrons. The van der Waals surface area contributed by atoms with E-state index in [0.29, 0.717) is 26.9 Å². The number of rotatable bonds is 10. The zero-order valence-corrected chi connectivity index (χ0v) is 19.3. The van der Waals surface area contributed by atoms with Crippen molar-refractivity contribution in [2.75, 3.05) is 21.1 Å². The quantitative estimate of drug-likeness (QED) is 0.216. The van der Waals surface area contributed by atoms with Crippen molar-refractivity contribution < 1.29 is 44.6 Å². The van der Waals surface area contributed by atoms with E-state index in [1.54, 1.807) is 24.3 Å². The van der Waals surface area contributed by atoms with Gasteiger partial charge in [-0.25, -0.2) is 26.0 Å². The van der Waals surface area contributed by atoms with Crippen LogP contribution >= 0.6 is 0 Å². The molecule has 0 heterocycles. The lowest BCUT2D eigenvalue weighted by atomic mass is 10.2. The molecule has 3 aromatic rings. The number of methoxy groups -OCH3 is 2. The van der Waals surface area contributed by atoms with E-state index in [1.165, 1.54) is 38.5 Å². The largest absolute Gasteiger partial charge is 0.497 e. The monoisotopic (exact) mass is 517 g/mol. The summed E-state index contributed by atoms with van der Waals surface area (Å²) >= 11 is 0. The highest BCUT2D eigenvalue weighted by molar-refractivity contribution is 7.89. The van der Waals surface area contributed by atoms with E-state index < -0.39 is 63.9 Å². The maximum atomic E-state index is 14.7. The Balaban J connectivity index is 2.15. The Kier molecular flexibility index (Phi) is 8.18. The summed E-state index contributed by atoms with van der Waals surface area (Å²) in [5, 5.41) is 0. The van der Waals surface area contributed by atoms with Gasteiger partial charge in [0, 0.05) is 13.1 Å². The topological polar surface area (TPSA) is 65.1 Å². The fraction of sp³-hybridized carbons (Fsp3) is 0.217. The Labute approximate surface area is 198 Å². The van der Waals surface area contributed by atoms with Crippen molar-refractivity contribution >= 4 is 10.0 Å². The number of benzene rings is 3. The third-order valence-corrected chi connectivity index (χ3v) is 6.83. The Morgan fingerprint density at radius 1 is 0.714 bits per heavy atom. The van der Waals surface area contributed by atoms with Crippen LogP contribution in [0.2, 0.25) is 0 Å². The van der Waals surface area contributed by atoms with E-state index in [0.717, 1.165) is 0 Å². The summed E-state index contributed by atoms with van der Waals surface area (Å²) < 4.78 is 112. The average Bonchev–Trinajstić information content (AvgIpc) is 2.86. The third-order valence-electron chi connectivity index (χ3n) is 5.02. The zero-order valence-electron chi connectivity index (χ0n) is 18.5. The second-order valence-electron chi connectivity index (χ2n) is 7.14. The molecule has 0 bridgehead atoms. The molecule has 0 unspecified atom stereocenters. The van der Waals surface area contributed by atoms with Crippen LogP contribution in [0.4, 0.5) is 22.0 Å². The fourth-order valence-electron chi connectivity index (χ4n) is 3.23. The van der Waals surface area contributed by atoms with Gasteiger partial charge in [0.2, 0.25) is 18.5 Å². The minimum absolute atomic E-state index is 0.395. The van der Waals surface area contributed by atoms with Gasteiger partial charge in [-0.05, 0) is 35.4 Å². The number of hydrogen-bond acceptors (Lipinski definition) is 5. The molecule has 3 rings (SSSR count). The molecule has 0 amide bonds. The Hall–Kier alpha value is -3.38. The van der Waals surface area contributed by atoms with Crippen LogP contribution < -0.4 is 14.2 Å². The second-order valence-corrected chi connectivity index (χ2v) is 9.01. The van der Waals surface area contributed by atoms with Crippen LogP contribution in [0.3, 0.4) is 0 Å². The summed E-state index contributed by atoms with van der Waals surface area (Å²) in [6.07, 6.45) is 0. The van der Waals surface area contributed by atoms with Crippen molar-refractivity contribution in [3.63, 3.8) is 0 Å². The number of nitrogens with zero attached hydrogens (tertiary/aromatic N) is 1. The minimum Gasteiger partial charge on any atom is -0.497 e. The van der Waals surface area contributed by atoms with E-state index in [-0.39, 0.29) is 0 Å². The summed E-state index contributed by atoms with van der Waals surface area (Å²) in [4.78, 5) is -1.66. The lowest BCUT2D eigenvalue weighted by Crippen LogP contribution is -2.32. The van der Waals surface area contributed by atoms with Crippen LogP contribution in [0.25, 0.3) is 0 Å². The second kappa shape index (κ2) is 10.9. The predicted octanol–water partition coefficient (Wildman–Crippen LogP) is 4.96. The zero-order chi connectivity index (χ0) is 25.8. The van der Waals surface area contributed by atoms with Gasteiger partial charge in [-0.1, -0.05) is 24.3 Å². The van der Waals surface area contributed by atoms with Gasteiger partial charge in [0.1, 0.15) is 11.5 Å². The van der Waals surface area contributed by atoms with Gasteiger partial charge in [0.15, 0.2) is 22.3 Å². The summed E-state index contributed by atoms with van der Waals surface area (Å²) in [7, 11) is -2.25. The van der Waals surface area contributed by atoms with Crippen LogP contribution in [0.1, 0.15) is 11.1 Å². The van der Waals surface area contributed by atoms with Crippen molar-refractivity contribution in [1.29, 1.82) is 0 Å². The molecule has 0 aromatic heterocycles. The molecule has 3 aromatic carbocycles. The average molecular weight is 517 g/mol. The summed E-state index contributed by atoms with van der Waals surface area (Å²) in [5.74, 6) is -9.76. The minimum atomic E-state index is -5.12. The van der Waals surface area contributed by atoms with Crippen LogP contribution in [0, 0.1) is 23.3 Å². The third kappa shape index (κ3) is 5.49. The highest BCUT2D eigenvalue weighted by Gasteiger charge is 2.38. The molecule has 6 nitrogen and oxygen atoms in total. The normalized spacial score (nSPS) is 11.5. The number of halogens is 5. The van der Waals surface area contributed by atoms with Gasteiger partial charge in [0.05, 0.1) is 14.2 Å². The first-order valence-electron chi connectivity index (χ1n) is 9.94. The number of hydrogen-bond donors (Lipinski definition) is 0. The number of sulfonamides is 1. The van der Waals surface area contributed by atoms with E-state index in [4.69, 9.17) is 9.47 Å². The Morgan fingerprint density at radius 2 is 1.14 bits per heavy atom. The van der Waals surface area contributed by atoms with Crippen LogP contribution in [0.15, 0.2) is 53.4 Å². The van der Waals surface area contributed by atoms with Crippen molar-refractivity contribution in [2.45, 2.75) is 18.0 Å². The molecule has 0 saturated carbocycles. The summed E-state index contributed by atoms with van der Waals surface area (Å²) in [5.41, 5.74) is 0.804. The Bertz CT molecular complexity index is 1240. The molecule has 0 aliphatic heterocycles. The molecule has 0 aliphatic carbocycles. The fourth-order valence-corrected chi connectivity index (χ4v) is 4.82. The van der Waals surface area contributed by atoms with E-state index in [1.807, 2.05) is 0 Å². The molecule has 188 valence electrons. The molecule has 0 atom stereocenters.